The Labute approximate surface area is 118 Å². The molecule has 0 aromatic rings. The first-order chi connectivity index (χ1) is 8.70. The Morgan fingerprint density at radius 1 is 1.11 bits per heavy atom. The van der Waals surface area contributed by atoms with E-state index >= 15 is 0 Å². The highest BCUT2D eigenvalue weighted by Gasteiger charge is 2.31. The van der Waals surface area contributed by atoms with E-state index in [9.17, 15) is 0 Å². The molecule has 0 saturated heterocycles. The number of hydrogen-bond donors (Lipinski definition) is 1. The van der Waals surface area contributed by atoms with Crippen LogP contribution < -0.4 is 5.32 Å². The van der Waals surface area contributed by atoms with Crippen LogP contribution >= 0.6 is 11.8 Å². The van der Waals surface area contributed by atoms with Crippen LogP contribution in [0.3, 0.4) is 0 Å². The average Bonchev–Trinajstić information content (AvgIpc) is 2.77. The zero-order valence-corrected chi connectivity index (χ0v) is 13.3. The molecule has 1 N–H and O–H groups in total. The molecule has 4 unspecified atom stereocenters. The summed E-state index contributed by atoms with van der Waals surface area (Å²) >= 11 is 2.18. The summed E-state index contributed by atoms with van der Waals surface area (Å²) in [6, 6.07) is 1.63. The molecule has 0 heterocycles. The zero-order valence-electron chi connectivity index (χ0n) is 12.5. The normalized spacial score (nSPS) is 37.3. The molecule has 2 fully saturated rings. The largest absolute Gasteiger partial charge is 0.310 e. The van der Waals surface area contributed by atoms with Crippen LogP contribution in [-0.2, 0) is 0 Å². The van der Waals surface area contributed by atoms with Crippen molar-refractivity contribution in [2.45, 2.75) is 83.1 Å². The van der Waals surface area contributed by atoms with Gasteiger partial charge in [0, 0.05) is 17.3 Å². The summed E-state index contributed by atoms with van der Waals surface area (Å²) in [4.78, 5) is 0. The lowest BCUT2D eigenvalue weighted by Gasteiger charge is -2.35. The molecule has 0 radical (unpaired) electrons. The van der Waals surface area contributed by atoms with Gasteiger partial charge in [-0.1, -0.05) is 40.0 Å². The Morgan fingerprint density at radius 2 is 1.89 bits per heavy atom. The van der Waals surface area contributed by atoms with Gasteiger partial charge in [-0.05, 0) is 43.3 Å². The Kier molecular flexibility index (Phi) is 5.88. The monoisotopic (exact) mass is 269 g/mol. The molecule has 2 aliphatic rings. The van der Waals surface area contributed by atoms with Crippen LogP contribution in [0.1, 0.15) is 65.7 Å². The third-order valence-electron chi connectivity index (χ3n) is 4.94. The molecule has 2 heteroatoms. The maximum Gasteiger partial charge on any atom is 0.0201 e. The molecule has 2 saturated carbocycles. The molecule has 0 aliphatic heterocycles. The second-order valence-corrected chi connectivity index (χ2v) is 8.08. The maximum absolute atomic E-state index is 4.02. The Bertz CT molecular complexity index is 241. The topological polar surface area (TPSA) is 12.0 Å². The van der Waals surface area contributed by atoms with Crippen LogP contribution in [0, 0.1) is 11.8 Å². The van der Waals surface area contributed by atoms with Gasteiger partial charge in [0.05, 0.1) is 0 Å². The van der Waals surface area contributed by atoms with E-state index in [0.29, 0.717) is 0 Å². The van der Waals surface area contributed by atoms with Crippen molar-refractivity contribution in [3.8, 4) is 0 Å². The number of thioether (sulfide) groups is 1. The number of rotatable bonds is 5. The molecule has 0 amide bonds. The zero-order chi connectivity index (χ0) is 13.0. The van der Waals surface area contributed by atoms with Crippen molar-refractivity contribution in [2.75, 3.05) is 5.75 Å². The van der Waals surface area contributed by atoms with Crippen molar-refractivity contribution >= 4 is 11.8 Å². The summed E-state index contributed by atoms with van der Waals surface area (Å²) in [5, 5.41) is 4.91. The maximum atomic E-state index is 4.02. The summed E-state index contributed by atoms with van der Waals surface area (Å²) in [6.45, 7) is 7.10. The highest BCUT2D eigenvalue weighted by molar-refractivity contribution is 7.99. The van der Waals surface area contributed by atoms with Gasteiger partial charge >= 0.3 is 0 Å². The van der Waals surface area contributed by atoms with E-state index in [0.717, 1.165) is 29.2 Å². The minimum Gasteiger partial charge on any atom is -0.310 e. The van der Waals surface area contributed by atoms with Crippen molar-refractivity contribution in [2.24, 2.45) is 11.8 Å². The fraction of sp³-hybridized carbons (Fsp3) is 1.00. The van der Waals surface area contributed by atoms with Crippen LogP contribution in [0.4, 0.5) is 0 Å². The minimum absolute atomic E-state index is 0.811. The average molecular weight is 269 g/mol. The summed E-state index contributed by atoms with van der Waals surface area (Å²) in [5.74, 6) is 3.12. The second-order valence-electron chi connectivity index (χ2n) is 6.57. The molecular weight excluding hydrogens is 238 g/mol. The van der Waals surface area contributed by atoms with Crippen LogP contribution in [0.2, 0.25) is 0 Å². The lowest BCUT2D eigenvalue weighted by molar-refractivity contribution is 0.221. The molecule has 0 aromatic carbocycles. The van der Waals surface area contributed by atoms with Gasteiger partial charge in [-0.2, -0.15) is 11.8 Å². The SMILES string of the molecule is CCSC1CCCC1NC1CCCC(C(C)C)C1. The number of hydrogen-bond acceptors (Lipinski definition) is 2. The highest BCUT2D eigenvalue weighted by atomic mass is 32.2. The standard InChI is InChI=1S/C16H31NS/c1-4-18-16-10-6-9-15(16)17-14-8-5-7-13(11-14)12(2)3/h12-17H,4-11H2,1-3H3. The van der Waals surface area contributed by atoms with Crippen LogP contribution in [0.25, 0.3) is 0 Å². The van der Waals surface area contributed by atoms with E-state index < -0.39 is 0 Å². The Balaban J connectivity index is 1.81. The molecule has 18 heavy (non-hydrogen) atoms. The van der Waals surface area contributed by atoms with Crippen LogP contribution in [0.5, 0.6) is 0 Å². The molecule has 2 rings (SSSR count). The van der Waals surface area contributed by atoms with E-state index in [4.69, 9.17) is 0 Å². The van der Waals surface area contributed by atoms with Gasteiger partial charge in [-0.25, -0.2) is 0 Å². The van der Waals surface area contributed by atoms with Crippen molar-refractivity contribution < 1.29 is 0 Å². The van der Waals surface area contributed by atoms with Crippen molar-refractivity contribution in [1.29, 1.82) is 0 Å². The molecule has 1 nitrogen and oxygen atoms in total. The van der Waals surface area contributed by atoms with Crippen molar-refractivity contribution in [3.05, 3.63) is 0 Å². The molecule has 2 aliphatic carbocycles. The third-order valence-corrected chi connectivity index (χ3v) is 6.27. The molecular formula is C16H31NS. The lowest BCUT2D eigenvalue weighted by Crippen LogP contribution is -2.44. The first kappa shape index (κ1) is 14.7. The lowest BCUT2D eigenvalue weighted by atomic mass is 9.79. The van der Waals surface area contributed by atoms with Gasteiger partial charge in [-0.3, -0.25) is 0 Å². The van der Waals surface area contributed by atoms with E-state index in [1.165, 1.54) is 50.7 Å². The van der Waals surface area contributed by atoms with Gasteiger partial charge in [-0.15, -0.1) is 0 Å². The molecule has 0 aromatic heterocycles. The third kappa shape index (κ3) is 3.90. The summed E-state index contributed by atoms with van der Waals surface area (Å²) < 4.78 is 0. The molecule has 4 atom stereocenters. The van der Waals surface area contributed by atoms with E-state index in [1.807, 2.05) is 0 Å². The quantitative estimate of drug-likeness (QED) is 0.790. The molecule has 0 bridgehead atoms. The fourth-order valence-corrected chi connectivity index (χ4v) is 5.03. The van der Waals surface area contributed by atoms with Gasteiger partial charge in [0.2, 0.25) is 0 Å². The van der Waals surface area contributed by atoms with Gasteiger partial charge in [0.25, 0.3) is 0 Å². The highest BCUT2D eigenvalue weighted by Crippen LogP contribution is 2.34. The summed E-state index contributed by atoms with van der Waals surface area (Å²) in [7, 11) is 0. The first-order valence-corrected chi connectivity index (χ1v) is 9.13. The van der Waals surface area contributed by atoms with E-state index in [2.05, 4.69) is 37.8 Å². The van der Waals surface area contributed by atoms with Crippen LogP contribution in [0.15, 0.2) is 0 Å². The predicted octanol–water partition coefficient (Wildman–Crippen LogP) is 4.47. The van der Waals surface area contributed by atoms with Gasteiger partial charge < -0.3 is 5.32 Å². The predicted molar refractivity (Wildman–Crippen MR) is 83.3 cm³/mol. The van der Waals surface area contributed by atoms with Gasteiger partial charge in [0.1, 0.15) is 0 Å². The minimum atomic E-state index is 0.811. The van der Waals surface area contributed by atoms with Crippen molar-refractivity contribution in [1.82, 2.24) is 5.32 Å². The summed E-state index contributed by atoms with van der Waals surface area (Å²) in [6.07, 6.45) is 10.1. The smallest absolute Gasteiger partial charge is 0.0201 e. The molecule has 0 spiro atoms. The summed E-state index contributed by atoms with van der Waals surface area (Å²) in [5.41, 5.74) is 0. The van der Waals surface area contributed by atoms with Crippen molar-refractivity contribution in [3.63, 3.8) is 0 Å². The van der Waals surface area contributed by atoms with E-state index in [1.54, 1.807) is 0 Å². The Hall–Kier alpha value is 0.310. The molecule has 106 valence electrons. The van der Waals surface area contributed by atoms with E-state index in [-0.39, 0.29) is 0 Å². The van der Waals surface area contributed by atoms with Gasteiger partial charge in [0.15, 0.2) is 0 Å². The second kappa shape index (κ2) is 7.19. The van der Waals surface area contributed by atoms with Crippen LogP contribution in [-0.4, -0.2) is 23.1 Å². The Morgan fingerprint density at radius 3 is 2.61 bits per heavy atom. The number of nitrogens with one attached hydrogen (secondary N) is 1. The fourth-order valence-electron chi connectivity index (χ4n) is 3.82. The first-order valence-electron chi connectivity index (χ1n) is 8.08.